The van der Waals surface area contributed by atoms with Gasteiger partial charge in [-0.05, 0) is 6.54 Å². The zero-order chi connectivity index (χ0) is 13.8. The smallest absolute Gasteiger partial charge is 0.319 e. The quantitative estimate of drug-likeness (QED) is 0.727. The van der Waals surface area contributed by atoms with E-state index in [0.29, 0.717) is 24.6 Å². The molecule has 0 bridgehead atoms. The number of likely N-dealkylation sites (N-methyl/N-ethyl adjacent to an activating group) is 1. The molecule has 2 heterocycles. The lowest BCUT2D eigenvalue weighted by molar-refractivity contribution is -0.142. The fourth-order valence-electron chi connectivity index (χ4n) is 1.71. The van der Waals surface area contributed by atoms with Crippen LogP contribution < -0.4 is 5.56 Å². The molecule has 0 saturated heterocycles. The first-order valence-corrected chi connectivity index (χ1v) is 5.85. The molecule has 0 amide bonds. The van der Waals surface area contributed by atoms with Gasteiger partial charge in [0.15, 0.2) is 0 Å². The van der Waals surface area contributed by atoms with E-state index in [1.54, 1.807) is 0 Å². The first kappa shape index (κ1) is 13.2. The largest absolute Gasteiger partial charge is 0.468 e. The number of carbonyl (C=O) groups excluding carboxylic acids is 1. The Labute approximate surface area is 109 Å². The first-order chi connectivity index (χ1) is 9.13. The Morgan fingerprint density at radius 3 is 3.05 bits per heavy atom. The van der Waals surface area contributed by atoms with Gasteiger partial charge in [0.2, 0.25) is 0 Å². The zero-order valence-electron chi connectivity index (χ0n) is 10.8. The minimum absolute atomic E-state index is 0.161. The Balaban J connectivity index is 2.19. The molecule has 2 aromatic rings. The minimum atomic E-state index is -0.320. The lowest BCUT2D eigenvalue weighted by Gasteiger charge is -2.17. The average Bonchev–Trinajstić information content (AvgIpc) is 2.86. The summed E-state index contributed by atoms with van der Waals surface area (Å²) in [7, 11) is 1.34. The van der Waals surface area contributed by atoms with Gasteiger partial charge in [0, 0.05) is 12.6 Å². The lowest BCUT2D eigenvalue weighted by Crippen LogP contribution is -2.31. The summed E-state index contributed by atoms with van der Waals surface area (Å²) in [5.74, 6) is -0.00367. The molecule has 0 saturated carbocycles. The second-order valence-electron chi connectivity index (χ2n) is 3.99. The molecule has 0 atom stereocenters. The summed E-state index contributed by atoms with van der Waals surface area (Å²) in [4.78, 5) is 33.0. The summed E-state index contributed by atoms with van der Waals surface area (Å²) in [6, 6.07) is 1.42. The van der Waals surface area contributed by atoms with E-state index in [2.05, 4.69) is 19.8 Å². The van der Waals surface area contributed by atoms with Crippen LogP contribution in [0.3, 0.4) is 0 Å². The summed E-state index contributed by atoms with van der Waals surface area (Å²) in [6.07, 6.45) is 1.40. The molecular formula is C11H15N5O3. The molecule has 0 aromatic carbocycles. The van der Waals surface area contributed by atoms with Crippen LogP contribution >= 0.6 is 0 Å². The van der Waals surface area contributed by atoms with Gasteiger partial charge in [-0.15, -0.1) is 0 Å². The highest BCUT2D eigenvalue weighted by Crippen LogP contribution is 2.01. The molecule has 1 N–H and O–H groups in total. The predicted molar refractivity (Wildman–Crippen MR) is 66.6 cm³/mol. The van der Waals surface area contributed by atoms with E-state index in [-0.39, 0.29) is 18.1 Å². The Kier molecular flexibility index (Phi) is 3.91. The second kappa shape index (κ2) is 5.61. The molecule has 0 aliphatic carbocycles. The van der Waals surface area contributed by atoms with Gasteiger partial charge in [0.05, 0.1) is 19.3 Å². The van der Waals surface area contributed by atoms with Crippen LogP contribution in [0.1, 0.15) is 12.6 Å². The van der Waals surface area contributed by atoms with Crippen LogP contribution in [-0.2, 0) is 16.1 Å². The summed E-state index contributed by atoms with van der Waals surface area (Å²) in [6.45, 7) is 3.12. The number of carbonyl (C=O) groups is 1. The molecule has 8 heteroatoms. The van der Waals surface area contributed by atoms with Crippen LogP contribution in [0.25, 0.3) is 5.78 Å². The van der Waals surface area contributed by atoms with Crippen LogP contribution in [0, 0.1) is 0 Å². The van der Waals surface area contributed by atoms with E-state index in [1.807, 2.05) is 11.8 Å². The summed E-state index contributed by atoms with van der Waals surface area (Å²) in [5, 5.41) is 2.67. The zero-order valence-corrected chi connectivity index (χ0v) is 10.8. The highest BCUT2D eigenvalue weighted by molar-refractivity contribution is 5.71. The van der Waals surface area contributed by atoms with E-state index in [1.165, 1.54) is 24.0 Å². The number of fused-ring (bicyclic) bond motifs is 1. The molecule has 2 aromatic heterocycles. The van der Waals surface area contributed by atoms with Crippen molar-refractivity contribution in [3.8, 4) is 0 Å². The number of nitrogens with zero attached hydrogens (tertiary/aromatic N) is 4. The SMILES string of the molecule is CCN(CC(=O)OC)Cc1cc(=O)n2[nH]cnc2n1. The highest BCUT2D eigenvalue weighted by atomic mass is 16.5. The van der Waals surface area contributed by atoms with Gasteiger partial charge < -0.3 is 4.74 Å². The number of aromatic amines is 1. The van der Waals surface area contributed by atoms with Crippen molar-refractivity contribution < 1.29 is 9.53 Å². The van der Waals surface area contributed by atoms with Gasteiger partial charge in [-0.1, -0.05) is 6.92 Å². The van der Waals surface area contributed by atoms with Crippen molar-refractivity contribution in [3.05, 3.63) is 28.4 Å². The molecule has 8 nitrogen and oxygen atoms in total. The molecule has 2 rings (SSSR count). The van der Waals surface area contributed by atoms with Crippen molar-refractivity contribution in [3.63, 3.8) is 0 Å². The number of H-pyrrole nitrogens is 1. The third-order valence-electron chi connectivity index (χ3n) is 2.73. The highest BCUT2D eigenvalue weighted by Gasteiger charge is 2.12. The van der Waals surface area contributed by atoms with Gasteiger partial charge in [-0.2, -0.15) is 4.52 Å². The van der Waals surface area contributed by atoms with E-state index in [4.69, 9.17) is 0 Å². The molecule has 0 spiro atoms. The Bertz CT molecular complexity index is 633. The van der Waals surface area contributed by atoms with Crippen LogP contribution in [-0.4, -0.2) is 50.7 Å². The standard InChI is InChI=1S/C11H15N5O3/c1-3-15(6-10(18)19-2)5-8-4-9(17)16-11(14-8)12-7-13-16/h4,7H,3,5-6H2,1-2H3,(H,12,13,14). The van der Waals surface area contributed by atoms with Gasteiger partial charge in [0.25, 0.3) is 11.3 Å². The van der Waals surface area contributed by atoms with E-state index >= 15 is 0 Å². The molecule has 0 unspecified atom stereocenters. The molecule has 0 aliphatic heterocycles. The van der Waals surface area contributed by atoms with Crippen molar-refractivity contribution in [2.45, 2.75) is 13.5 Å². The van der Waals surface area contributed by atoms with Gasteiger partial charge in [-0.25, -0.2) is 9.97 Å². The fourth-order valence-corrected chi connectivity index (χ4v) is 1.71. The van der Waals surface area contributed by atoms with Gasteiger partial charge >= 0.3 is 5.97 Å². The van der Waals surface area contributed by atoms with Crippen molar-refractivity contribution in [1.82, 2.24) is 24.5 Å². The summed E-state index contributed by atoms with van der Waals surface area (Å²) in [5.41, 5.74) is 0.342. The number of nitrogens with one attached hydrogen (secondary N) is 1. The summed E-state index contributed by atoms with van der Waals surface area (Å²) >= 11 is 0. The minimum Gasteiger partial charge on any atom is -0.468 e. The van der Waals surface area contributed by atoms with Crippen molar-refractivity contribution >= 4 is 11.7 Å². The number of esters is 1. The molecular weight excluding hydrogens is 250 g/mol. The van der Waals surface area contributed by atoms with Gasteiger partial charge in [0.1, 0.15) is 6.33 Å². The summed E-state index contributed by atoms with van der Waals surface area (Å²) < 4.78 is 5.87. The molecule has 0 aliphatic rings. The van der Waals surface area contributed by atoms with Crippen LogP contribution in [0.4, 0.5) is 0 Å². The van der Waals surface area contributed by atoms with E-state index < -0.39 is 0 Å². The van der Waals surface area contributed by atoms with Crippen LogP contribution in [0.15, 0.2) is 17.2 Å². The normalized spacial score (nSPS) is 11.1. The van der Waals surface area contributed by atoms with Crippen molar-refractivity contribution in [1.29, 1.82) is 0 Å². The van der Waals surface area contributed by atoms with Crippen LogP contribution in [0.5, 0.6) is 0 Å². The third kappa shape index (κ3) is 2.97. The fraction of sp³-hybridized carbons (Fsp3) is 0.455. The van der Waals surface area contributed by atoms with Crippen LogP contribution in [0.2, 0.25) is 0 Å². The Hall–Kier alpha value is -2.22. The number of ether oxygens (including phenoxy) is 1. The first-order valence-electron chi connectivity index (χ1n) is 5.85. The number of hydrogen-bond acceptors (Lipinski definition) is 6. The van der Waals surface area contributed by atoms with Crippen molar-refractivity contribution in [2.24, 2.45) is 0 Å². The third-order valence-corrected chi connectivity index (χ3v) is 2.73. The maximum absolute atomic E-state index is 11.8. The molecule has 19 heavy (non-hydrogen) atoms. The lowest BCUT2D eigenvalue weighted by atomic mass is 10.3. The number of hydrogen-bond donors (Lipinski definition) is 1. The maximum atomic E-state index is 11.8. The number of aromatic nitrogens is 4. The Morgan fingerprint density at radius 1 is 1.58 bits per heavy atom. The van der Waals surface area contributed by atoms with Gasteiger partial charge in [-0.3, -0.25) is 19.6 Å². The average molecular weight is 265 g/mol. The maximum Gasteiger partial charge on any atom is 0.319 e. The monoisotopic (exact) mass is 265 g/mol. The van der Waals surface area contributed by atoms with Crippen molar-refractivity contribution in [2.75, 3.05) is 20.2 Å². The second-order valence-corrected chi connectivity index (χ2v) is 3.99. The predicted octanol–water partition coefficient (Wildman–Crippen LogP) is -0.587. The molecule has 0 fully saturated rings. The Morgan fingerprint density at radius 2 is 2.37 bits per heavy atom. The number of methoxy groups -OCH3 is 1. The molecule has 102 valence electrons. The topological polar surface area (TPSA) is 92.6 Å². The van der Waals surface area contributed by atoms with E-state index in [0.717, 1.165) is 0 Å². The van der Waals surface area contributed by atoms with E-state index in [9.17, 15) is 9.59 Å². The molecule has 0 radical (unpaired) electrons. The number of rotatable bonds is 5.